The Hall–Kier alpha value is -2.60. The van der Waals surface area contributed by atoms with Crippen LogP contribution in [0.15, 0.2) is 57.8 Å². The second-order valence-electron chi connectivity index (χ2n) is 7.54. The zero-order valence-corrected chi connectivity index (χ0v) is 17.5. The fourth-order valence-electron chi connectivity index (χ4n) is 2.71. The maximum Gasteiger partial charge on any atom is 0.322 e. The molecule has 0 saturated carbocycles. The first-order valence-electron chi connectivity index (χ1n) is 9.31. The van der Waals surface area contributed by atoms with Crippen LogP contribution in [0.2, 0.25) is 0 Å². The Morgan fingerprint density at radius 2 is 1.71 bits per heavy atom. The summed E-state index contributed by atoms with van der Waals surface area (Å²) in [6, 6.07) is 15.9. The van der Waals surface area contributed by atoms with Crippen molar-refractivity contribution < 1.29 is 9.21 Å². The summed E-state index contributed by atoms with van der Waals surface area (Å²) in [5, 5.41) is 10.6. The molecule has 146 valence electrons. The van der Waals surface area contributed by atoms with Crippen LogP contribution in [0, 0.1) is 0 Å². The molecule has 28 heavy (non-hydrogen) atoms. The van der Waals surface area contributed by atoms with E-state index < -0.39 is 0 Å². The molecule has 6 heteroatoms. The highest BCUT2D eigenvalue weighted by atomic mass is 32.2. The van der Waals surface area contributed by atoms with Gasteiger partial charge >= 0.3 is 6.01 Å². The monoisotopic (exact) mass is 395 g/mol. The van der Waals surface area contributed by atoms with Gasteiger partial charge in [0.1, 0.15) is 0 Å². The number of nitrogens with zero attached hydrogens (tertiary/aromatic N) is 2. The summed E-state index contributed by atoms with van der Waals surface area (Å²) >= 11 is 1.80. The average Bonchev–Trinajstić information content (AvgIpc) is 3.10. The van der Waals surface area contributed by atoms with Crippen LogP contribution in [0.1, 0.15) is 55.1 Å². The van der Waals surface area contributed by atoms with Crippen molar-refractivity contribution in [3.05, 3.63) is 71.1 Å². The SMILES string of the molecule is CCSc1ccc(Cc2nnc(NC(=O)c3ccc(C(C)(C)C)cc3)o2)cc1. The molecule has 3 aromatic rings. The minimum absolute atomic E-state index is 0.0455. The second kappa shape index (κ2) is 8.61. The van der Waals surface area contributed by atoms with Crippen LogP contribution < -0.4 is 5.32 Å². The zero-order chi connectivity index (χ0) is 20.1. The van der Waals surface area contributed by atoms with Crippen LogP contribution in [0.3, 0.4) is 0 Å². The Morgan fingerprint density at radius 1 is 1.04 bits per heavy atom. The van der Waals surface area contributed by atoms with E-state index in [9.17, 15) is 4.79 Å². The van der Waals surface area contributed by atoms with Crippen LogP contribution in [0.5, 0.6) is 0 Å². The van der Waals surface area contributed by atoms with Crippen LogP contribution in [-0.2, 0) is 11.8 Å². The first-order chi connectivity index (χ1) is 13.3. The van der Waals surface area contributed by atoms with E-state index in [1.807, 2.05) is 24.3 Å². The highest BCUT2D eigenvalue weighted by Gasteiger charge is 2.16. The number of hydrogen-bond donors (Lipinski definition) is 1. The Morgan fingerprint density at radius 3 is 2.32 bits per heavy atom. The number of nitrogens with one attached hydrogen (secondary N) is 1. The van der Waals surface area contributed by atoms with Crippen molar-refractivity contribution in [2.24, 2.45) is 0 Å². The minimum Gasteiger partial charge on any atom is -0.407 e. The van der Waals surface area contributed by atoms with E-state index >= 15 is 0 Å². The molecule has 1 aromatic heterocycles. The summed E-state index contributed by atoms with van der Waals surface area (Å²) < 4.78 is 5.58. The van der Waals surface area contributed by atoms with Gasteiger partial charge in [-0.2, -0.15) is 0 Å². The highest BCUT2D eigenvalue weighted by Crippen LogP contribution is 2.23. The van der Waals surface area contributed by atoms with Gasteiger partial charge in [0.05, 0.1) is 6.42 Å². The maximum absolute atomic E-state index is 12.4. The Balaban J connectivity index is 1.61. The normalized spacial score (nSPS) is 11.4. The van der Waals surface area contributed by atoms with Gasteiger partial charge in [0.2, 0.25) is 5.89 Å². The van der Waals surface area contributed by atoms with E-state index in [0.29, 0.717) is 17.9 Å². The average molecular weight is 396 g/mol. The third-order valence-electron chi connectivity index (χ3n) is 4.29. The van der Waals surface area contributed by atoms with Gasteiger partial charge in [0.15, 0.2) is 0 Å². The number of carbonyl (C=O) groups is 1. The van der Waals surface area contributed by atoms with Crippen molar-refractivity contribution in [2.45, 2.75) is 44.4 Å². The number of carbonyl (C=O) groups excluding carboxylic acids is 1. The lowest BCUT2D eigenvalue weighted by molar-refractivity contribution is 0.102. The number of hydrogen-bond acceptors (Lipinski definition) is 5. The molecule has 0 bridgehead atoms. The summed E-state index contributed by atoms with van der Waals surface area (Å²) in [4.78, 5) is 13.6. The van der Waals surface area contributed by atoms with Gasteiger partial charge in [-0.25, -0.2) is 0 Å². The number of anilines is 1. The van der Waals surface area contributed by atoms with Crippen molar-refractivity contribution in [3.63, 3.8) is 0 Å². The third-order valence-corrected chi connectivity index (χ3v) is 5.18. The van der Waals surface area contributed by atoms with E-state index in [2.05, 4.69) is 67.5 Å². The highest BCUT2D eigenvalue weighted by molar-refractivity contribution is 7.99. The van der Waals surface area contributed by atoms with Gasteiger partial charge in [0, 0.05) is 10.5 Å². The molecule has 0 aliphatic heterocycles. The molecule has 0 fully saturated rings. The van der Waals surface area contributed by atoms with Gasteiger partial charge in [0.25, 0.3) is 5.91 Å². The van der Waals surface area contributed by atoms with Crippen molar-refractivity contribution in [3.8, 4) is 0 Å². The van der Waals surface area contributed by atoms with Gasteiger partial charge in [-0.3, -0.25) is 10.1 Å². The standard InChI is InChI=1S/C22H25N3O2S/c1-5-28-18-12-6-15(7-13-18)14-19-24-25-21(27-19)23-20(26)16-8-10-17(11-9-16)22(2,3)4/h6-13H,5,14H2,1-4H3,(H,23,25,26). The summed E-state index contributed by atoms with van der Waals surface area (Å²) in [6.45, 7) is 8.54. The molecule has 0 radical (unpaired) electrons. The lowest BCUT2D eigenvalue weighted by Gasteiger charge is -2.18. The molecule has 0 unspecified atom stereocenters. The Labute approximate surface area is 170 Å². The largest absolute Gasteiger partial charge is 0.407 e. The molecule has 3 rings (SSSR count). The van der Waals surface area contributed by atoms with Crippen molar-refractivity contribution in [1.29, 1.82) is 0 Å². The van der Waals surface area contributed by atoms with Gasteiger partial charge < -0.3 is 4.42 Å². The number of aromatic nitrogens is 2. The maximum atomic E-state index is 12.4. The van der Waals surface area contributed by atoms with Crippen LogP contribution in [0.25, 0.3) is 0 Å². The molecular formula is C22H25N3O2S. The van der Waals surface area contributed by atoms with Gasteiger partial charge in [-0.1, -0.05) is 57.1 Å². The number of amides is 1. The smallest absolute Gasteiger partial charge is 0.322 e. The number of thioether (sulfide) groups is 1. The predicted molar refractivity (Wildman–Crippen MR) is 113 cm³/mol. The minimum atomic E-state index is -0.267. The molecule has 0 aliphatic rings. The Kier molecular flexibility index (Phi) is 6.19. The molecule has 5 nitrogen and oxygen atoms in total. The van der Waals surface area contributed by atoms with Crippen LogP contribution in [0.4, 0.5) is 6.01 Å². The van der Waals surface area contributed by atoms with Crippen molar-refractivity contribution in [2.75, 3.05) is 11.1 Å². The Bertz CT molecular complexity index is 926. The quantitative estimate of drug-likeness (QED) is 0.572. The lowest BCUT2D eigenvalue weighted by atomic mass is 9.87. The van der Waals surface area contributed by atoms with Crippen molar-refractivity contribution >= 4 is 23.7 Å². The molecular weight excluding hydrogens is 370 g/mol. The molecule has 1 heterocycles. The van der Waals surface area contributed by atoms with E-state index in [0.717, 1.165) is 11.3 Å². The predicted octanol–water partition coefficient (Wildman–Crippen LogP) is 5.32. The van der Waals surface area contributed by atoms with E-state index in [4.69, 9.17) is 4.42 Å². The molecule has 0 aliphatic carbocycles. The van der Waals surface area contributed by atoms with E-state index in [1.165, 1.54) is 10.5 Å². The van der Waals surface area contributed by atoms with Gasteiger partial charge in [-0.15, -0.1) is 16.9 Å². The lowest BCUT2D eigenvalue weighted by Crippen LogP contribution is -2.14. The zero-order valence-electron chi connectivity index (χ0n) is 16.7. The van der Waals surface area contributed by atoms with Gasteiger partial charge in [-0.05, 0) is 46.6 Å². The fraction of sp³-hybridized carbons (Fsp3) is 0.318. The summed E-state index contributed by atoms with van der Waals surface area (Å²) in [5.41, 5.74) is 2.85. The molecule has 0 spiro atoms. The van der Waals surface area contributed by atoms with E-state index in [-0.39, 0.29) is 17.3 Å². The number of rotatable bonds is 6. The fourth-order valence-corrected chi connectivity index (χ4v) is 3.37. The topological polar surface area (TPSA) is 68.0 Å². The summed E-state index contributed by atoms with van der Waals surface area (Å²) in [7, 11) is 0. The molecule has 2 aromatic carbocycles. The van der Waals surface area contributed by atoms with Crippen LogP contribution in [-0.4, -0.2) is 21.9 Å². The summed E-state index contributed by atoms with van der Waals surface area (Å²) in [6.07, 6.45) is 0.528. The molecule has 1 N–H and O–H groups in total. The molecule has 1 amide bonds. The van der Waals surface area contributed by atoms with Crippen LogP contribution >= 0.6 is 11.8 Å². The molecule has 0 saturated heterocycles. The number of benzene rings is 2. The second-order valence-corrected chi connectivity index (χ2v) is 8.87. The summed E-state index contributed by atoms with van der Waals surface area (Å²) in [5.74, 6) is 1.25. The first-order valence-corrected chi connectivity index (χ1v) is 10.3. The third kappa shape index (κ3) is 5.23. The first kappa shape index (κ1) is 20.1. The van der Waals surface area contributed by atoms with Crippen molar-refractivity contribution in [1.82, 2.24) is 10.2 Å². The molecule has 0 atom stereocenters. The van der Waals surface area contributed by atoms with E-state index in [1.54, 1.807) is 11.8 Å².